The van der Waals surface area contributed by atoms with Gasteiger partial charge in [-0.1, -0.05) is 34.1 Å². The molecule has 3 atom stereocenters. The van der Waals surface area contributed by atoms with Crippen LogP contribution >= 0.6 is 0 Å². The van der Waals surface area contributed by atoms with E-state index >= 15 is 0 Å². The first-order valence-corrected chi connectivity index (χ1v) is 5.91. The van der Waals surface area contributed by atoms with Crippen molar-refractivity contribution in [3.8, 4) is 0 Å². The van der Waals surface area contributed by atoms with Crippen LogP contribution in [-0.2, 0) is 9.59 Å². The molecule has 0 radical (unpaired) electrons. The van der Waals surface area contributed by atoms with Gasteiger partial charge in [0.25, 0.3) is 5.91 Å². The highest BCUT2D eigenvalue weighted by Gasteiger charge is 2.34. The molecular formula is C12H23NO4. The molecule has 0 aromatic heterocycles. The first-order chi connectivity index (χ1) is 7.73. The number of hydrogen-bond acceptors (Lipinski definition) is 3. The first kappa shape index (κ1) is 15.9. The van der Waals surface area contributed by atoms with Gasteiger partial charge >= 0.3 is 5.97 Å². The van der Waals surface area contributed by atoms with Crippen molar-refractivity contribution >= 4 is 11.9 Å². The van der Waals surface area contributed by atoms with E-state index in [-0.39, 0.29) is 11.8 Å². The highest BCUT2D eigenvalue weighted by molar-refractivity contribution is 5.86. The molecule has 0 unspecified atom stereocenters. The zero-order valence-electron chi connectivity index (χ0n) is 11.2. The monoisotopic (exact) mass is 245 g/mol. The van der Waals surface area contributed by atoms with E-state index in [0.29, 0.717) is 6.42 Å². The summed E-state index contributed by atoms with van der Waals surface area (Å²) in [6, 6.07) is -0.888. The van der Waals surface area contributed by atoms with Crippen molar-refractivity contribution in [1.29, 1.82) is 0 Å². The summed E-state index contributed by atoms with van der Waals surface area (Å²) in [6.07, 6.45) is -0.488. The van der Waals surface area contributed by atoms with E-state index in [2.05, 4.69) is 0 Å². The fourth-order valence-corrected chi connectivity index (χ4v) is 1.64. The molecule has 5 heteroatoms. The molecule has 17 heavy (non-hydrogen) atoms. The summed E-state index contributed by atoms with van der Waals surface area (Å²) in [5.41, 5.74) is 0. The molecule has 0 aliphatic carbocycles. The predicted octanol–water partition coefficient (Wildman–Crippen LogP) is 0.961. The second-order valence-corrected chi connectivity index (χ2v) is 4.81. The number of likely N-dealkylation sites (N-methyl/N-ethyl adjacent to an activating group) is 1. The van der Waals surface area contributed by atoms with Crippen LogP contribution in [0.25, 0.3) is 0 Å². The van der Waals surface area contributed by atoms with Crippen LogP contribution < -0.4 is 0 Å². The number of rotatable bonds is 6. The van der Waals surface area contributed by atoms with Crippen molar-refractivity contribution in [1.82, 2.24) is 4.90 Å². The molecule has 2 N–H and O–H groups in total. The van der Waals surface area contributed by atoms with E-state index in [1.165, 1.54) is 7.05 Å². The Hall–Kier alpha value is -1.10. The first-order valence-electron chi connectivity index (χ1n) is 5.91. The smallest absolute Gasteiger partial charge is 0.326 e. The standard InChI is InChI=1S/C12H23NO4/c1-6-8(4)9(12(16)17)13(5)11(15)10(14)7(2)3/h7-10,14H,6H2,1-5H3,(H,16,17)/t8-,9+,10+/m0/s1. The molecule has 0 aromatic carbocycles. The van der Waals surface area contributed by atoms with Gasteiger partial charge in [0.2, 0.25) is 0 Å². The van der Waals surface area contributed by atoms with Gasteiger partial charge in [-0.05, 0) is 11.8 Å². The molecule has 5 nitrogen and oxygen atoms in total. The number of amides is 1. The lowest BCUT2D eigenvalue weighted by atomic mass is 9.96. The number of carboxylic acid groups (broad SMARTS) is 1. The normalized spacial score (nSPS) is 16.4. The van der Waals surface area contributed by atoms with E-state index < -0.39 is 24.0 Å². The number of aliphatic carboxylic acids is 1. The van der Waals surface area contributed by atoms with Crippen molar-refractivity contribution in [2.75, 3.05) is 7.05 Å². The fourth-order valence-electron chi connectivity index (χ4n) is 1.64. The van der Waals surface area contributed by atoms with Crippen LogP contribution in [0.15, 0.2) is 0 Å². The molecular weight excluding hydrogens is 222 g/mol. The molecule has 0 aliphatic heterocycles. The van der Waals surface area contributed by atoms with Gasteiger partial charge in [-0.2, -0.15) is 0 Å². The maximum absolute atomic E-state index is 11.9. The third kappa shape index (κ3) is 4.00. The number of carbonyl (C=O) groups is 2. The summed E-state index contributed by atoms with van der Waals surface area (Å²) < 4.78 is 0. The predicted molar refractivity (Wildman–Crippen MR) is 64.5 cm³/mol. The number of carboxylic acids is 1. The molecule has 0 aromatic rings. The molecule has 0 heterocycles. The lowest BCUT2D eigenvalue weighted by molar-refractivity contribution is -0.156. The minimum absolute atomic E-state index is 0.152. The maximum Gasteiger partial charge on any atom is 0.326 e. The lowest BCUT2D eigenvalue weighted by Gasteiger charge is -2.31. The van der Waals surface area contributed by atoms with Gasteiger partial charge in [-0.25, -0.2) is 4.79 Å². The average Bonchev–Trinajstić information content (AvgIpc) is 2.25. The van der Waals surface area contributed by atoms with E-state index in [1.54, 1.807) is 20.8 Å². The molecule has 100 valence electrons. The molecule has 0 fully saturated rings. The van der Waals surface area contributed by atoms with Crippen molar-refractivity contribution in [3.05, 3.63) is 0 Å². The van der Waals surface area contributed by atoms with Crippen LogP contribution in [0.5, 0.6) is 0 Å². The van der Waals surface area contributed by atoms with Gasteiger partial charge in [-0.3, -0.25) is 4.79 Å². The summed E-state index contributed by atoms with van der Waals surface area (Å²) in [7, 11) is 1.43. The fraction of sp³-hybridized carbons (Fsp3) is 0.833. The minimum atomic E-state index is -1.15. The number of carbonyl (C=O) groups excluding carboxylic acids is 1. The Bertz CT molecular complexity index is 278. The van der Waals surface area contributed by atoms with Crippen molar-refractivity contribution in [2.24, 2.45) is 11.8 Å². The molecule has 1 amide bonds. The Kier molecular flexibility index (Phi) is 6.16. The molecule has 0 rings (SSSR count). The Morgan fingerprint density at radius 3 is 2.00 bits per heavy atom. The lowest BCUT2D eigenvalue weighted by Crippen LogP contribution is -2.50. The van der Waals surface area contributed by atoms with Gasteiger partial charge in [0.15, 0.2) is 0 Å². The Balaban J connectivity index is 4.90. The topological polar surface area (TPSA) is 77.8 Å². The highest BCUT2D eigenvalue weighted by atomic mass is 16.4. The van der Waals surface area contributed by atoms with Crippen molar-refractivity contribution in [2.45, 2.75) is 46.3 Å². The van der Waals surface area contributed by atoms with Crippen LogP contribution in [0, 0.1) is 11.8 Å². The van der Waals surface area contributed by atoms with Crippen LogP contribution in [0.3, 0.4) is 0 Å². The van der Waals surface area contributed by atoms with Gasteiger partial charge in [0.05, 0.1) is 0 Å². The largest absolute Gasteiger partial charge is 0.480 e. The number of aliphatic hydroxyl groups is 1. The SMILES string of the molecule is CC[C@H](C)[C@H](C(=O)O)N(C)C(=O)[C@H](O)C(C)C. The van der Waals surface area contributed by atoms with Gasteiger partial charge in [0.1, 0.15) is 12.1 Å². The molecule has 0 aliphatic rings. The number of hydrogen-bond donors (Lipinski definition) is 2. The summed E-state index contributed by atoms with van der Waals surface area (Å²) in [6.45, 7) is 7.09. The summed E-state index contributed by atoms with van der Waals surface area (Å²) >= 11 is 0. The Morgan fingerprint density at radius 1 is 1.24 bits per heavy atom. The zero-order chi connectivity index (χ0) is 13.7. The van der Waals surface area contributed by atoms with Crippen molar-refractivity contribution in [3.63, 3.8) is 0 Å². The molecule has 0 saturated carbocycles. The van der Waals surface area contributed by atoms with E-state index in [0.717, 1.165) is 4.90 Å². The summed E-state index contributed by atoms with van der Waals surface area (Å²) in [5, 5.41) is 18.8. The minimum Gasteiger partial charge on any atom is -0.480 e. The number of nitrogens with zero attached hydrogens (tertiary/aromatic N) is 1. The van der Waals surface area contributed by atoms with E-state index in [1.807, 2.05) is 6.92 Å². The van der Waals surface area contributed by atoms with E-state index in [9.17, 15) is 14.7 Å². The molecule has 0 saturated heterocycles. The second kappa shape index (κ2) is 6.59. The quantitative estimate of drug-likeness (QED) is 0.730. The van der Waals surface area contributed by atoms with Gasteiger partial charge in [-0.15, -0.1) is 0 Å². The third-order valence-electron chi connectivity index (χ3n) is 3.09. The highest BCUT2D eigenvalue weighted by Crippen LogP contribution is 2.16. The summed E-state index contributed by atoms with van der Waals surface area (Å²) in [5.74, 6) is -1.95. The maximum atomic E-state index is 11.9. The van der Waals surface area contributed by atoms with E-state index in [4.69, 9.17) is 5.11 Å². The average molecular weight is 245 g/mol. The van der Waals surface area contributed by atoms with Crippen LogP contribution in [0.4, 0.5) is 0 Å². The second-order valence-electron chi connectivity index (χ2n) is 4.81. The molecule has 0 spiro atoms. The zero-order valence-corrected chi connectivity index (χ0v) is 11.2. The summed E-state index contributed by atoms with van der Waals surface area (Å²) in [4.78, 5) is 24.2. The van der Waals surface area contributed by atoms with Crippen molar-refractivity contribution < 1.29 is 19.8 Å². The van der Waals surface area contributed by atoms with Crippen LogP contribution in [0.1, 0.15) is 34.1 Å². The van der Waals surface area contributed by atoms with Gasteiger partial charge < -0.3 is 15.1 Å². The molecule has 0 bridgehead atoms. The Labute approximate surface area is 102 Å². The number of aliphatic hydroxyl groups excluding tert-OH is 1. The van der Waals surface area contributed by atoms with Crippen LogP contribution in [-0.4, -0.2) is 46.2 Å². The van der Waals surface area contributed by atoms with Gasteiger partial charge in [0, 0.05) is 7.05 Å². The Morgan fingerprint density at radius 2 is 1.71 bits per heavy atom. The third-order valence-corrected chi connectivity index (χ3v) is 3.09. The van der Waals surface area contributed by atoms with Crippen LogP contribution in [0.2, 0.25) is 0 Å².